The summed E-state index contributed by atoms with van der Waals surface area (Å²) in [4.78, 5) is 23.3. The van der Waals surface area contributed by atoms with Crippen LogP contribution in [0.3, 0.4) is 0 Å². The molecule has 1 aromatic carbocycles. The molecule has 0 N–H and O–H groups in total. The molecule has 1 aliphatic rings. The number of anilines is 1. The van der Waals surface area contributed by atoms with Crippen LogP contribution >= 0.6 is 0 Å². The molecule has 84 valence electrons. The number of Topliss-reactive ketones (excluding diaryl/α,β-unsaturated/α-hetero) is 1. The molecule has 16 heavy (non-hydrogen) atoms. The summed E-state index contributed by atoms with van der Waals surface area (Å²) in [6.45, 7) is -0.902. The zero-order valence-electron chi connectivity index (χ0n) is 7.91. The van der Waals surface area contributed by atoms with E-state index in [1.807, 2.05) is 0 Å². The lowest BCUT2D eigenvalue weighted by Gasteiger charge is -2.15. The third kappa shape index (κ3) is 1.56. The van der Waals surface area contributed by atoms with Crippen LogP contribution in [-0.4, -0.2) is 24.7 Å². The van der Waals surface area contributed by atoms with Crippen LogP contribution < -0.4 is 4.90 Å². The Bertz CT molecular complexity index is 473. The van der Waals surface area contributed by atoms with Crippen molar-refractivity contribution in [2.45, 2.75) is 6.43 Å². The number of rotatable bonds is 2. The Kier molecular flexibility index (Phi) is 2.41. The van der Waals surface area contributed by atoms with E-state index in [2.05, 4.69) is 0 Å². The summed E-state index contributed by atoms with van der Waals surface area (Å²) in [5, 5.41) is 0. The van der Waals surface area contributed by atoms with Gasteiger partial charge in [-0.05, 0) is 18.2 Å². The van der Waals surface area contributed by atoms with Crippen LogP contribution in [0.5, 0.6) is 0 Å². The van der Waals surface area contributed by atoms with Crippen molar-refractivity contribution in [1.82, 2.24) is 0 Å². The smallest absolute Gasteiger partial charge is 0.299 e. The Labute approximate surface area is 88.5 Å². The first-order valence-corrected chi connectivity index (χ1v) is 4.44. The van der Waals surface area contributed by atoms with Crippen molar-refractivity contribution in [3.8, 4) is 0 Å². The number of hydrogen-bond acceptors (Lipinski definition) is 2. The maximum Gasteiger partial charge on any atom is 0.299 e. The molecule has 0 atom stereocenters. The average Bonchev–Trinajstić information content (AvgIpc) is 2.43. The molecule has 1 heterocycles. The molecule has 0 spiro atoms. The Balaban J connectivity index is 2.47. The number of alkyl halides is 2. The number of hydrogen-bond donors (Lipinski definition) is 0. The molecule has 1 aliphatic heterocycles. The molecule has 6 heteroatoms. The number of carbonyl (C=O) groups excluding carboxylic acids is 2. The first-order valence-electron chi connectivity index (χ1n) is 4.44. The molecule has 0 aromatic heterocycles. The molecule has 2 rings (SSSR count). The van der Waals surface area contributed by atoms with Gasteiger partial charge in [-0.15, -0.1) is 0 Å². The standard InChI is InChI=1S/C10H6F3NO2/c11-5-1-2-6-7(3-5)14(4-8(12)13)10(16)9(6)15/h1-3,8H,4H2. The number of amides is 1. The van der Waals surface area contributed by atoms with E-state index in [1.54, 1.807) is 0 Å². The van der Waals surface area contributed by atoms with E-state index in [9.17, 15) is 22.8 Å². The van der Waals surface area contributed by atoms with Crippen molar-refractivity contribution in [2.24, 2.45) is 0 Å². The Morgan fingerprint density at radius 3 is 2.56 bits per heavy atom. The van der Waals surface area contributed by atoms with Gasteiger partial charge in [0.25, 0.3) is 18.1 Å². The van der Waals surface area contributed by atoms with Crippen LogP contribution in [0, 0.1) is 5.82 Å². The molecular weight excluding hydrogens is 223 g/mol. The second-order valence-electron chi connectivity index (χ2n) is 3.30. The maximum absolute atomic E-state index is 12.9. The van der Waals surface area contributed by atoms with E-state index in [4.69, 9.17) is 0 Å². The van der Waals surface area contributed by atoms with Gasteiger partial charge in [-0.1, -0.05) is 0 Å². The Hall–Kier alpha value is -1.85. The van der Waals surface area contributed by atoms with E-state index in [0.717, 1.165) is 18.2 Å². The van der Waals surface area contributed by atoms with Gasteiger partial charge < -0.3 is 0 Å². The highest BCUT2D eigenvalue weighted by molar-refractivity contribution is 6.52. The monoisotopic (exact) mass is 229 g/mol. The molecule has 3 nitrogen and oxygen atoms in total. The Morgan fingerprint density at radius 2 is 1.94 bits per heavy atom. The molecule has 0 unspecified atom stereocenters. The van der Waals surface area contributed by atoms with Gasteiger partial charge in [-0.25, -0.2) is 13.2 Å². The minimum atomic E-state index is -2.77. The highest BCUT2D eigenvalue weighted by Crippen LogP contribution is 2.29. The van der Waals surface area contributed by atoms with Gasteiger partial charge >= 0.3 is 0 Å². The first-order chi connectivity index (χ1) is 7.50. The lowest BCUT2D eigenvalue weighted by Crippen LogP contribution is -2.33. The fourth-order valence-electron chi connectivity index (χ4n) is 1.59. The average molecular weight is 229 g/mol. The van der Waals surface area contributed by atoms with Gasteiger partial charge in [-0.3, -0.25) is 14.5 Å². The van der Waals surface area contributed by atoms with Gasteiger partial charge in [0.15, 0.2) is 0 Å². The molecule has 0 saturated heterocycles. The molecule has 0 bridgehead atoms. The summed E-state index contributed by atoms with van der Waals surface area (Å²) < 4.78 is 37.3. The highest BCUT2D eigenvalue weighted by Gasteiger charge is 2.37. The summed E-state index contributed by atoms with van der Waals surface area (Å²) in [5.41, 5.74) is -0.123. The van der Waals surface area contributed by atoms with Crippen LogP contribution in [0.1, 0.15) is 10.4 Å². The minimum absolute atomic E-state index is 0.0351. The molecule has 0 saturated carbocycles. The van der Waals surface area contributed by atoms with Crippen molar-refractivity contribution >= 4 is 17.4 Å². The fourth-order valence-corrected chi connectivity index (χ4v) is 1.59. The highest BCUT2D eigenvalue weighted by atomic mass is 19.3. The molecule has 1 amide bonds. The maximum atomic E-state index is 12.9. The zero-order chi connectivity index (χ0) is 11.9. The molecule has 0 fully saturated rings. The normalized spacial score (nSPS) is 14.9. The number of nitrogens with zero attached hydrogens (tertiary/aromatic N) is 1. The number of carbonyl (C=O) groups is 2. The van der Waals surface area contributed by atoms with Gasteiger partial charge in [0.1, 0.15) is 5.82 Å². The van der Waals surface area contributed by atoms with Crippen molar-refractivity contribution in [3.63, 3.8) is 0 Å². The van der Waals surface area contributed by atoms with Crippen molar-refractivity contribution < 1.29 is 22.8 Å². The zero-order valence-corrected chi connectivity index (χ0v) is 7.91. The van der Waals surface area contributed by atoms with E-state index >= 15 is 0 Å². The van der Waals surface area contributed by atoms with E-state index in [1.165, 1.54) is 0 Å². The van der Waals surface area contributed by atoms with E-state index in [-0.39, 0.29) is 11.3 Å². The lowest BCUT2D eigenvalue weighted by molar-refractivity contribution is -0.114. The SMILES string of the molecule is O=C1C(=O)N(CC(F)F)c2cc(F)ccc21. The van der Waals surface area contributed by atoms with Crippen molar-refractivity contribution in [3.05, 3.63) is 29.6 Å². The third-order valence-corrected chi connectivity index (χ3v) is 2.26. The predicted molar refractivity (Wildman–Crippen MR) is 49.1 cm³/mol. The van der Waals surface area contributed by atoms with Crippen molar-refractivity contribution in [1.29, 1.82) is 0 Å². The Morgan fingerprint density at radius 1 is 1.25 bits per heavy atom. The van der Waals surface area contributed by atoms with Crippen LogP contribution in [0.2, 0.25) is 0 Å². The van der Waals surface area contributed by atoms with Crippen LogP contribution in [0.25, 0.3) is 0 Å². The van der Waals surface area contributed by atoms with Gasteiger partial charge in [0, 0.05) is 0 Å². The number of benzene rings is 1. The van der Waals surface area contributed by atoms with Crippen molar-refractivity contribution in [2.75, 3.05) is 11.4 Å². The first kappa shape index (κ1) is 10.7. The third-order valence-electron chi connectivity index (χ3n) is 2.26. The van der Waals surface area contributed by atoms with Gasteiger partial charge in [-0.2, -0.15) is 0 Å². The second-order valence-corrected chi connectivity index (χ2v) is 3.30. The second kappa shape index (κ2) is 3.62. The fraction of sp³-hybridized carbons (Fsp3) is 0.200. The summed E-state index contributed by atoms with van der Waals surface area (Å²) in [6, 6.07) is 3.03. The number of fused-ring (bicyclic) bond motifs is 1. The molecular formula is C10H6F3NO2. The van der Waals surface area contributed by atoms with Gasteiger partial charge in [0.05, 0.1) is 17.8 Å². The topological polar surface area (TPSA) is 37.4 Å². The number of ketones is 1. The van der Waals surface area contributed by atoms with E-state index in [0.29, 0.717) is 4.90 Å². The largest absolute Gasteiger partial charge is 0.299 e. The number of halogens is 3. The minimum Gasteiger partial charge on any atom is -0.299 e. The van der Waals surface area contributed by atoms with Crippen LogP contribution in [0.4, 0.5) is 18.9 Å². The molecule has 0 radical (unpaired) electrons. The summed E-state index contributed by atoms with van der Waals surface area (Å²) in [6.07, 6.45) is -2.77. The van der Waals surface area contributed by atoms with Crippen LogP contribution in [-0.2, 0) is 4.79 Å². The van der Waals surface area contributed by atoms with E-state index < -0.39 is 30.5 Å². The summed E-state index contributed by atoms with van der Waals surface area (Å²) >= 11 is 0. The van der Waals surface area contributed by atoms with Gasteiger partial charge in [0.2, 0.25) is 0 Å². The predicted octanol–water partition coefficient (Wildman–Crippen LogP) is 1.62. The summed E-state index contributed by atoms with van der Waals surface area (Å²) in [5.74, 6) is -2.60. The quantitative estimate of drug-likeness (QED) is 0.722. The molecule has 1 aromatic rings. The summed E-state index contributed by atoms with van der Waals surface area (Å²) in [7, 11) is 0. The lowest BCUT2D eigenvalue weighted by atomic mass is 10.1. The van der Waals surface area contributed by atoms with Crippen LogP contribution in [0.15, 0.2) is 18.2 Å². The molecule has 0 aliphatic carbocycles.